The lowest BCUT2D eigenvalue weighted by molar-refractivity contribution is -0.0435. The number of piperidine rings is 1. The van der Waals surface area contributed by atoms with Crippen LogP contribution < -0.4 is 5.69 Å². The van der Waals surface area contributed by atoms with Gasteiger partial charge in [0.05, 0.1) is 19.3 Å². The molecule has 1 unspecified atom stereocenters. The summed E-state index contributed by atoms with van der Waals surface area (Å²) in [5, 5.41) is 4.41. The van der Waals surface area contributed by atoms with Crippen LogP contribution in [0.15, 0.2) is 29.2 Å². The van der Waals surface area contributed by atoms with Gasteiger partial charge in [0.25, 0.3) is 0 Å². The number of aromatic nitrogens is 3. The first-order valence-corrected chi connectivity index (χ1v) is 9.33. The van der Waals surface area contributed by atoms with E-state index in [9.17, 15) is 4.79 Å². The molecular formula is C18H27N5O2. The number of likely N-dealkylation sites (tertiary alicyclic amines) is 1. The van der Waals surface area contributed by atoms with E-state index >= 15 is 0 Å². The quantitative estimate of drug-likeness (QED) is 0.816. The highest BCUT2D eigenvalue weighted by atomic mass is 16.5. The van der Waals surface area contributed by atoms with Crippen molar-refractivity contribution < 1.29 is 4.74 Å². The predicted molar refractivity (Wildman–Crippen MR) is 95.9 cm³/mol. The third kappa shape index (κ3) is 3.63. The third-order valence-electron chi connectivity index (χ3n) is 5.46. The van der Waals surface area contributed by atoms with Gasteiger partial charge in [0, 0.05) is 31.9 Å². The Labute approximate surface area is 147 Å². The average Bonchev–Trinajstić information content (AvgIpc) is 2.97. The van der Waals surface area contributed by atoms with Crippen LogP contribution in [-0.4, -0.2) is 75.5 Å². The molecule has 2 aliphatic rings. The van der Waals surface area contributed by atoms with Gasteiger partial charge in [-0.25, -0.2) is 9.48 Å². The molecule has 1 atom stereocenters. The van der Waals surface area contributed by atoms with Gasteiger partial charge in [0.2, 0.25) is 0 Å². The molecule has 0 saturated carbocycles. The standard InChI is InChI=1S/C18H27N5O2/c1-15-14-21(12-13-25-15)16-5-8-20(9-6-16)10-11-23-18(24)22-7-3-2-4-17(22)19-23/h2-4,7,15-16H,5-6,8-14H2,1H3. The first kappa shape index (κ1) is 16.8. The molecule has 4 heterocycles. The van der Waals surface area contributed by atoms with Crippen molar-refractivity contribution in [2.75, 3.05) is 39.3 Å². The van der Waals surface area contributed by atoms with E-state index in [-0.39, 0.29) is 5.69 Å². The Morgan fingerprint density at radius 1 is 1.20 bits per heavy atom. The van der Waals surface area contributed by atoms with Crippen LogP contribution in [0.4, 0.5) is 0 Å². The summed E-state index contributed by atoms with van der Waals surface area (Å²) in [4.78, 5) is 17.4. The number of hydrogen-bond acceptors (Lipinski definition) is 5. The third-order valence-corrected chi connectivity index (χ3v) is 5.46. The van der Waals surface area contributed by atoms with Crippen molar-refractivity contribution in [1.82, 2.24) is 24.0 Å². The van der Waals surface area contributed by atoms with Crippen LogP contribution in [0.25, 0.3) is 5.65 Å². The zero-order valence-electron chi connectivity index (χ0n) is 14.9. The number of pyridine rings is 1. The molecule has 0 bridgehead atoms. The van der Waals surface area contributed by atoms with Crippen molar-refractivity contribution in [3.63, 3.8) is 0 Å². The van der Waals surface area contributed by atoms with Crippen LogP contribution in [-0.2, 0) is 11.3 Å². The van der Waals surface area contributed by atoms with Crippen molar-refractivity contribution >= 4 is 5.65 Å². The predicted octanol–water partition coefficient (Wildman–Crippen LogP) is 0.681. The molecule has 0 N–H and O–H groups in total. The summed E-state index contributed by atoms with van der Waals surface area (Å²) in [6.07, 6.45) is 4.53. The Balaban J connectivity index is 1.30. The minimum Gasteiger partial charge on any atom is -0.376 e. The maximum absolute atomic E-state index is 12.3. The van der Waals surface area contributed by atoms with Crippen LogP contribution in [0.2, 0.25) is 0 Å². The molecule has 7 heteroatoms. The molecule has 4 rings (SSSR count). The second kappa shape index (κ2) is 7.27. The molecular weight excluding hydrogens is 318 g/mol. The Morgan fingerprint density at radius 2 is 2.04 bits per heavy atom. The van der Waals surface area contributed by atoms with E-state index in [0.717, 1.165) is 39.3 Å². The minimum absolute atomic E-state index is 0.0483. The van der Waals surface area contributed by atoms with Crippen molar-refractivity contribution in [3.8, 4) is 0 Å². The topological polar surface area (TPSA) is 55.0 Å². The molecule has 136 valence electrons. The van der Waals surface area contributed by atoms with Crippen LogP contribution in [0.5, 0.6) is 0 Å². The Kier molecular flexibility index (Phi) is 4.87. The lowest BCUT2D eigenvalue weighted by atomic mass is 10.0. The summed E-state index contributed by atoms with van der Waals surface area (Å²) < 4.78 is 8.84. The fraction of sp³-hybridized carbons (Fsp3) is 0.667. The van der Waals surface area contributed by atoms with Crippen LogP contribution in [0.1, 0.15) is 19.8 Å². The molecule has 2 aromatic heterocycles. The summed E-state index contributed by atoms with van der Waals surface area (Å²) in [6, 6.07) is 6.31. The van der Waals surface area contributed by atoms with E-state index in [1.54, 1.807) is 15.3 Å². The highest BCUT2D eigenvalue weighted by Crippen LogP contribution is 2.19. The van der Waals surface area contributed by atoms with Crippen molar-refractivity contribution in [1.29, 1.82) is 0 Å². The highest BCUT2D eigenvalue weighted by molar-refractivity contribution is 5.35. The van der Waals surface area contributed by atoms with E-state index in [0.29, 0.717) is 24.3 Å². The van der Waals surface area contributed by atoms with E-state index in [1.165, 1.54) is 12.8 Å². The first-order valence-electron chi connectivity index (χ1n) is 9.33. The van der Waals surface area contributed by atoms with Crippen molar-refractivity contribution in [2.45, 2.75) is 38.5 Å². The summed E-state index contributed by atoms with van der Waals surface area (Å²) in [5.74, 6) is 0. The van der Waals surface area contributed by atoms with Gasteiger partial charge in [-0.05, 0) is 45.0 Å². The number of rotatable bonds is 4. The average molecular weight is 345 g/mol. The number of ether oxygens (including phenoxy) is 1. The van der Waals surface area contributed by atoms with Gasteiger partial charge >= 0.3 is 5.69 Å². The highest BCUT2D eigenvalue weighted by Gasteiger charge is 2.27. The number of fused-ring (bicyclic) bond motifs is 1. The summed E-state index contributed by atoms with van der Waals surface area (Å²) in [6.45, 7) is 8.87. The zero-order valence-corrected chi connectivity index (χ0v) is 14.9. The second-order valence-corrected chi connectivity index (χ2v) is 7.18. The lowest BCUT2D eigenvalue weighted by Gasteiger charge is -2.41. The molecule has 2 saturated heterocycles. The molecule has 0 aliphatic carbocycles. The van der Waals surface area contributed by atoms with E-state index < -0.39 is 0 Å². The molecule has 2 aromatic rings. The SMILES string of the molecule is CC1CN(C2CCN(CCn3nc4ccccn4c3=O)CC2)CCO1. The molecule has 0 spiro atoms. The monoisotopic (exact) mass is 345 g/mol. The molecule has 0 amide bonds. The molecule has 25 heavy (non-hydrogen) atoms. The van der Waals surface area contributed by atoms with Gasteiger partial charge in [0.1, 0.15) is 0 Å². The maximum Gasteiger partial charge on any atom is 0.350 e. The molecule has 2 fully saturated rings. The van der Waals surface area contributed by atoms with Crippen LogP contribution in [0, 0.1) is 0 Å². The Bertz CT molecular complexity index is 762. The van der Waals surface area contributed by atoms with E-state index in [4.69, 9.17) is 4.74 Å². The smallest absolute Gasteiger partial charge is 0.350 e. The fourth-order valence-electron chi connectivity index (χ4n) is 4.04. The molecule has 0 radical (unpaired) electrons. The summed E-state index contributed by atoms with van der Waals surface area (Å²) >= 11 is 0. The number of nitrogens with zero attached hydrogens (tertiary/aromatic N) is 5. The Morgan fingerprint density at radius 3 is 2.80 bits per heavy atom. The first-order chi connectivity index (χ1) is 12.2. The van der Waals surface area contributed by atoms with Crippen LogP contribution >= 0.6 is 0 Å². The van der Waals surface area contributed by atoms with Crippen molar-refractivity contribution in [2.24, 2.45) is 0 Å². The minimum atomic E-state index is -0.0483. The molecule has 2 aliphatic heterocycles. The normalized spacial score (nSPS) is 24.1. The van der Waals surface area contributed by atoms with Gasteiger partial charge in [-0.15, -0.1) is 5.10 Å². The zero-order chi connectivity index (χ0) is 17.2. The van der Waals surface area contributed by atoms with E-state index in [1.807, 2.05) is 18.2 Å². The fourth-order valence-corrected chi connectivity index (χ4v) is 4.04. The van der Waals surface area contributed by atoms with Gasteiger partial charge in [-0.3, -0.25) is 9.30 Å². The molecule has 0 aromatic carbocycles. The number of morpholine rings is 1. The summed E-state index contributed by atoms with van der Waals surface area (Å²) in [5.41, 5.74) is 0.667. The molecule has 7 nitrogen and oxygen atoms in total. The van der Waals surface area contributed by atoms with E-state index in [2.05, 4.69) is 21.8 Å². The lowest BCUT2D eigenvalue weighted by Crippen LogP contribution is -2.51. The van der Waals surface area contributed by atoms with Gasteiger partial charge in [-0.2, -0.15) is 0 Å². The number of hydrogen-bond donors (Lipinski definition) is 0. The van der Waals surface area contributed by atoms with Gasteiger partial charge in [-0.1, -0.05) is 6.07 Å². The van der Waals surface area contributed by atoms with Crippen molar-refractivity contribution in [3.05, 3.63) is 34.9 Å². The van der Waals surface area contributed by atoms with Gasteiger partial charge in [0.15, 0.2) is 5.65 Å². The Hall–Kier alpha value is -1.70. The summed E-state index contributed by atoms with van der Waals surface area (Å²) in [7, 11) is 0. The maximum atomic E-state index is 12.3. The largest absolute Gasteiger partial charge is 0.376 e. The second-order valence-electron chi connectivity index (χ2n) is 7.18. The van der Waals surface area contributed by atoms with Gasteiger partial charge < -0.3 is 9.64 Å². The van der Waals surface area contributed by atoms with Crippen LogP contribution in [0.3, 0.4) is 0 Å².